The fourth-order valence-corrected chi connectivity index (χ4v) is 1.99. The Morgan fingerprint density at radius 1 is 1.33 bits per heavy atom. The van der Waals surface area contributed by atoms with E-state index in [2.05, 4.69) is 9.97 Å². The van der Waals surface area contributed by atoms with Gasteiger partial charge in [-0.1, -0.05) is 0 Å². The van der Waals surface area contributed by atoms with Crippen LogP contribution in [-0.2, 0) is 6.61 Å². The minimum absolute atomic E-state index is 0.106. The zero-order valence-corrected chi connectivity index (χ0v) is 12.0. The average molecular weight is 289 g/mol. The maximum Gasteiger partial charge on any atom is 0.406 e. The van der Waals surface area contributed by atoms with Crippen molar-refractivity contribution in [3.05, 3.63) is 51.5 Å². The molecule has 2 aromatic rings. The molecule has 2 aromatic heterocycles. The van der Waals surface area contributed by atoms with Gasteiger partial charge in [-0.15, -0.1) is 0 Å². The van der Waals surface area contributed by atoms with E-state index < -0.39 is 4.92 Å². The second kappa shape index (κ2) is 6.17. The molecule has 0 unspecified atom stereocenters. The molecule has 110 valence electrons. The summed E-state index contributed by atoms with van der Waals surface area (Å²) < 4.78 is 10.8. The average Bonchev–Trinajstić information content (AvgIpc) is 2.47. The minimum Gasteiger partial charge on any atom is -0.496 e. The van der Waals surface area contributed by atoms with E-state index in [9.17, 15) is 10.1 Å². The smallest absolute Gasteiger partial charge is 0.406 e. The highest BCUT2D eigenvalue weighted by atomic mass is 16.6. The van der Waals surface area contributed by atoms with Crippen LogP contribution in [0.15, 0.2) is 24.5 Å². The van der Waals surface area contributed by atoms with Gasteiger partial charge in [0.1, 0.15) is 18.6 Å². The first-order valence-electron chi connectivity index (χ1n) is 6.26. The van der Waals surface area contributed by atoms with E-state index in [1.165, 1.54) is 12.3 Å². The number of aromatic nitrogens is 2. The van der Waals surface area contributed by atoms with Gasteiger partial charge in [0.2, 0.25) is 5.75 Å². The van der Waals surface area contributed by atoms with Crippen molar-refractivity contribution in [1.29, 1.82) is 0 Å². The van der Waals surface area contributed by atoms with Crippen LogP contribution in [0.25, 0.3) is 0 Å². The predicted molar refractivity (Wildman–Crippen MR) is 75.5 cm³/mol. The first-order chi connectivity index (χ1) is 10.0. The van der Waals surface area contributed by atoms with Crippen molar-refractivity contribution in [2.75, 3.05) is 7.11 Å². The lowest BCUT2D eigenvalue weighted by Gasteiger charge is -2.12. The Labute approximate surface area is 121 Å². The molecule has 0 fully saturated rings. The van der Waals surface area contributed by atoms with Crippen LogP contribution in [0.2, 0.25) is 0 Å². The molecule has 21 heavy (non-hydrogen) atoms. The summed E-state index contributed by atoms with van der Waals surface area (Å²) in [6.07, 6.45) is 3.03. The Morgan fingerprint density at radius 3 is 2.76 bits per heavy atom. The summed E-state index contributed by atoms with van der Waals surface area (Å²) in [6, 6.07) is 3.09. The van der Waals surface area contributed by atoms with Crippen molar-refractivity contribution < 1.29 is 14.4 Å². The van der Waals surface area contributed by atoms with Crippen molar-refractivity contribution >= 4 is 5.82 Å². The normalized spacial score (nSPS) is 10.2. The van der Waals surface area contributed by atoms with Crippen molar-refractivity contribution in [3.8, 4) is 11.5 Å². The molecule has 0 spiro atoms. The monoisotopic (exact) mass is 289 g/mol. The van der Waals surface area contributed by atoms with Gasteiger partial charge in [-0.2, -0.15) is 0 Å². The van der Waals surface area contributed by atoms with Crippen LogP contribution in [0.4, 0.5) is 5.82 Å². The molecule has 0 aliphatic rings. The third-order valence-electron chi connectivity index (χ3n) is 3.04. The number of nitrogens with zero attached hydrogens (tertiary/aromatic N) is 3. The molecule has 7 heteroatoms. The van der Waals surface area contributed by atoms with Gasteiger partial charge in [0.05, 0.1) is 12.8 Å². The van der Waals surface area contributed by atoms with Gasteiger partial charge in [-0.05, 0) is 35.9 Å². The Hall–Kier alpha value is -2.70. The summed E-state index contributed by atoms with van der Waals surface area (Å²) in [4.78, 5) is 18.3. The molecule has 0 aliphatic heterocycles. The van der Waals surface area contributed by atoms with Gasteiger partial charge < -0.3 is 19.6 Å². The molecule has 0 bridgehead atoms. The first-order valence-corrected chi connectivity index (χ1v) is 6.26. The van der Waals surface area contributed by atoms with Crippen molar-refractivity contribution in [1.82, 2.24) is 9.97 Å². The lowest BCUT2D eigenvalue weighted by molar-refractivity contribution is -0.390. The molecule has 0 aromatic carbocycles. The van der Waals surface area contributed by atoms with E-state index in [0.29, 0.717) is 5.69 Å². The van der Waals surface area contributed by atoms with Gasteiger partial charge in [-0.25, -0.2) is 0 Å². The number of aryl methyl sites for hydroxylation is 1. The summed E-state index contributed by atoms with van der Waals surface area (Å²) >= 11 is 0. The maximum atomic E-state index is 10.9. The lowest BCUT2D eigenvalue weighted by atomic mass is 10.1. The van der Waals surface area contributed by atoms with Crippen LogP contribution in [0.5, 0.6) is 11.5 Å². The van der Waals surface area contributed by atoms with Crippen LogP contribution in [0.1, 0.15) is 16.8 Å². The molecular formula is C14H15N3O4. The highest BCUT2D eigenvalue weighted by molar-refractivity contribution is 5.42. The molecule has 0 atom stereocenters. The predicted octanol–water partition coefficient (Wildman–Crippen LogP) is 2.59. The number of hydrogen-bond acceptors (Lipinski definition) is 6. The van der Waals surface area contributed by atoms with Gasteiger partial charge in [0.25, 0.3) is 0 Å². The van der Waals surface area contributed by atoms with Crippen molar-refractivity contribution in [2.24, 2.45) is 0 Å². The van der Waals surface area contributed by atoms with Crippen LogP contribution in [0, 0.1) is 24.0 Å². The van der Waals surface area contributed by atoms with Gasteiger partial charge in [0.15, 0.2) is 0 Å². The fourth-order valence-electron chi connectivity index (χ4n) is 1.99. The Bertz CT molecular complexity index is 673. The van der Waals surface area contributed by atoms with E-state index >= 15 is 0 Å². The van der Waals surface area contributed by atoms with Crippen LogP contribution in [-0.4, -0.2) is 22.0 Å². The van der Waals surface area contributed by atoms with Crippen LogP contribution >= 0.6 is 0 Å². The van der Waals surface area contributed by atoms with E-state index in [1.807, 2.05) is 13.8 Å². The Balaban J connectivity index is 2.23. The third-order valence-corrected chi connectivity index (χ3v) is 3.04. The second-order valence-corrected chi connectivity index (χ2v) is 4.42. The largest absolute Gasteiger partial charge is 0.496 e. The summed E-state index contributed by atoms with van der Waals surface area (Å²) in [7, 11) is 1.59. The number of hydrogen-bond donors (Lipinski definition) is 0. The summed E-state index contributed by atoms with van der Waals surface area (Å²) in [5.74, 6) is 0.543. The summed E-state index contributed by atoms with van der Waals surface area (Å²) in [5.41, 5.74) is 2.44. The van der Waals surface area contributed by atoms with E-state index in [-0.39, 0.29) is 18.2 Å². The maximum absolute atomic E-state index is 10.9. The molecule has 0 radical (unpaired) electrons. The van der Waals surface area contributed by atoms with Gasteiger partial charge in [0, 0.05) is 17.3 Å². The topological polar surface area (TPSA) is 87.4 Å². The Morgan fingerprint density at radius 2 is 2.10 bits per heavy atom. The fraction of sp³-hybridized carbons (Fsp3) is 0.286. The SMILES string of the molecule is COc1c(C)cnc(COc2cccnc2[N+](=O)[O-])c1C. The molecule has 2 rings (SSSR count). The molecular weight excluding hydrogens is 274 g/mol. The summed E-state index contributed by atoms with van der Waals surface area (Å²) in [6.45, 7) is 3.87. The third kappa shape index (κ3) is 3.07. The molecule has 0 saturated carbocycles. The molecule has 2 heterocycles. The van der Waals surface area contributed by atoms with Crippen molar-refractivity contribution in [3.63, 3.8) is 0 Å². The zero-order chi connectivity index (χ0) is 15.4. The number of nitro groups is 1. The van der Waals surface area contributed by atoms with Gasteiger partial charge in [-0.3, -0.25) is 4.98 Å². The van der Waals surface area contributed by atoms with E-state index in [4.69, 9.17) is 9.47 Å². The standard InChI is InChI=1S/C14H15N3O4/c1-9-7-16-11(10(2)13(9)20-3)8-21-12-5-4-6-15-14(12)17(18)19/h4-7H,8H2,1-3H3. The van der Waals surface area contributed by atoms with Crippen molar-refractivity contribution in [2.45, 2.75) is 20.5 Å². The highest BCUT2D eigenvalue weighted by Gasteiger charge is 2.17. The molecule has 0 saturated heterocycles. The second-order valence-electron chi connectivity index (χ2n) is 4.42. The lowest BCUT2D eigenvalue weighted by Crippen LogP contribution is -2.05. The van der Waals surface area contributed by atoms with E-state index in [1.54, 1.807) is 19.4 Å². The van der Waals surface area contributed by atoms with E-state index in [0.717, 1.165) is 16.9 Å². The zero-order valence-electron chi connectivity index (χ0n) is 12.0. The number of ether oxygens (including phenoxy) is 2. The number of pyridine rings is 2. The minimum atomic E-state index is -0.578. The molecule has 0 aliphatic carbocycles. The quantitative estimate of drug-likeness (QED) is 0.621. The van der Waals surface area contributed by atoms with Gasteiger partial charge >= 0.3 is 5.82 Å². The van der Waals surface area contributed by atoms with Crippen LogP contribution < -0.4 is 9.47 Å². The first kappa shape index (κ1) is 14.7. The number of methoxy groups -OCH3 is 1. The highest BCUT2D eigenvalue weighted by Crippen LogP contribution is 2.27. The molecule has 7 nitrogen and oxygen atoms in total. The number of rotatable bonds is 5. The Kier molecular flexibility index (Phi) is 4.32. The van der Waals surface area contributed by atoms with Crippen LogP contribution in [0.3, 0.4) is 0 Å². The summed E-state index contributed by atoms with van der Waals surface area (Å²) in [5, 5.41) is 10.9. The molecule has 0 N–H and O–H groups in total. The molecule has 0 amide bonds.